The molecule has 5 N–H and O–H groups in total. The van der Waals surface area contributed by atoms with Crippen LogP contribution in [0, 0.1) is 0 Å². The Labute approximate surface area is 300 Å². The van der Waals surface area contributed by atoms with Crippen LogP contribution in [0.15, 0.2) is 78.9 Å². The van der Waals surface area contributed by atoms with Crippen LogP contribution >= 0.6 is 11.6 Å². The fraction of sp³-hybridized carbons (Fsp3) is 0.351. The van der Waals surface area contributed by atoms with Crippen molar-refractivity contribution < 1.29 is 29.0 Å². The molecule has 3 heterocycles. The van der Waals surface area contributed by atoms with Gasteiger partial charge in [-0.05, 0) is 55.2 Å². The molecule has 266 valence electrons. The van der Waals surface area contributed by atoms with Gasteiger partial charge in [0.1, 0.15) is 36.8 Å². The van der Waals surface area contributed by atoms with E-state index in [1.165, 1.54) is 4.68 Å². The average Bonchev–Trinajstić information content (AvgIpc) is 3.53. The third-order valence-corrected chi connectivity index (χ3v) is 9.56. The highest BCUT2D eigenvalue weighted by atomic mass is 35.5. The molecular weight excluding hydrogens is 674 g/mol. The highest BCUT2D eigenvalue weighted by Crippen LogP contribution is 2.44. The van der Waals surface area contributed by atoms with Gasteiger partial charge in [-0.15, -0.1) is 0 Å². The molecule has 2 bridgehead atoms. The average molecular weight is 714 g/mol. The van der Waals surface area contributed by atoms with Gasteiger partial charge in [-0.25, -0.2) is 9.67 Å². The number of nitrogens with one attached hydrogen (secondary N) is 4. The molecule has 2 aliphatic heterocycles. The lowest BCUT2D eigenvalue weighted by Gasteiger charge is -2.41. The van der Waals surface area contributed by atoms with E-state index in [9.17, 15) is 24.3 Å². The van der Waals surface area contributed by atoms with Crippen LogP contribution in [0.2, 0.25) is 5.02 Å². The second kappa shape index (κ2) is 15.7. The molecule has 7 rings (SSSR count). The van der Waals surface area contributed by atoms with Crippen molar-refractivity contribution in [2.75, 3.05) is 19.8 Å². The lowest BCUT2D eigenvalue weighted by atomic mass is 9.63. The molecule has 4 amide bonds. The van der Waals surface area contributed by atoms with Gasteiger partial charge in [0.05, 0.1) is 24.6 Å². The molecule has 3 aromatic carbocycles. The van der Waals surface area contributed by atoms with Gasteiger partial charge in [0.15, 0.2) is 5.82 Å². The summed E-state index contributed by atoms with van der Waals surface area (Å²) in [5.41, 5.74) is 1.44. The molecule has 0 unspecified atom stereocenters. The first kappa shape index (κ1) is 35.6. The lowest BCUT2D eigenvalue weighted by Crippen LogP contribution is -2.59. The summed E-state index contributed by atoms with van der Waals surface area (Å²) in [4.78, 5) is 59.0. The molecule has 51 heavy (non-hydrogen) atoms. The number of halogens is 1. The predicted octanol–water partition coefficient (Wildman–Crippen LogP) is 2.61. The van der Waals surface area contributed by atoms with Crippen LogP contribution in [0.25, 0.3) is 11.4 Å². The zero-order chi connectivity index (χ0) is 36.0. The molecule has 3 atom stereocenters. The van der Waals surface area contributed by atoms with E-state index in [2.05, 4.69) is 31.3 Å². The van der Waals surface area contributed by atoms with Crippen LogP contribution in [0.4, 0.5) is 0 Å². The van der Waals surface area contributed by atoms with Crippen LogP contribution in [0.5, 0.6) is 5.75 Å². The van der Waals surface area contributed by atoms with E-state index >= 15 is 0 Å². The Bertz CT molecular complexity index is 1860. The number of hydrogen-bond acceptors (Lipinski definition) is 8. The van der Waals surface area contributed by atoms with Crippen LogP contribution in [0.1, 0.15) is 49.2 Å². The van der Waals surface area contributed by atoms with Gasteiger partial charge in [-0.2, -0.15) is 5.10 Å². The summed E-state index contributed by atoms with van der Waals surface area (Å²) in [7, 11) is 0. The minimum atomic E-state index is -1.36. The molecule has 4 aromatic rings. The summed E-state index contributed by atoms with van der Waals surface area (Å²) in [6.45, 7) is 1.21. The van der Waals surface area contributed by atoms with Crippen molar-refractivity contribution in [3.05, 3.63) is 101 Å². The molecule has 0 radical (unpaired) electrons. The highest BCUT2D eigenvalue weighted by molar-refractivity contribution is 6.30. The van der Waals surface area contributed by atoms with Crippen molar-refractivity contribution in [2.45, 2.75) is 62.7 Å². The first-order chi connectivity index (χ1) is 24.6. The Morgan fingerprint density at radius 3 is 2.39 bits per heavy atom. The van der Waals surface area contributed by atoms with Crippen LogP contribution in [0.3, 0.4) is 0 Å². The topological polar surface area (TPSA) is 177 Å². The van der Waals surface area contributed by atoms with Crippen molar-refractivity contribution in [3.8, 4) is 17.1 Å². The number of nitrogens with zero attached hydrogens (tertiary/aromatic N) is 3. The monoisotopic (exact) mass is 713 g/mol. The normalized spacial score (nSPS) is 21.2. The third kappa shape index (κ3) is 8.21. The third-order valence-electron chi connectivity index (χ3n) is 9.30. The summed E-state index contributed by atoms with van der Waals surface area (Å²) in [5, 5.41) is 26.6. The Balaban J connectivity index is 1.28. The Morgan fingerprint density at radius 2 is 1.73 bits per heavy atom. The fourth-order valence-corrected chi connectivity index (χ4v) is 6.43. The van der Waals surface area contributed by atoms with E-state index in [0.29, 0.717) is 35.3 Å². The first-order valence-electron chi connectivity index (χ1n) is 16.9. The number of carbonyl (C=O) groups is 4. The molecule has 13 nitrogen and oxygen atoms in total. The molecule has 14 heteroatoms. The number of fused-ring (bicyclic) bond motifs is 14. The largest absolute Gasteiger partial charge is 0.492 e. The van der Waals surface area contributed by atoms with E-state index in [1.54, 1.807) is 43.3 Å². The molecule has 3 aliphatic rings. The van der Waals surface area contributed by atoms with E-state index < -0.39 is 42.0 Å². The maximum absolute atomic E-state index is 14.0. The van der Waals surface area contributed by atoms with Crippen LogP contribution < -0.4 is 26.0 Å². The van der Waals surface area contributed by atoms with Crippen molar-refractivity contribution in [1.82, 2.24) is 36.0 Å². The van der Waals surface area contributed by atoms with Gasteiger partial charge in [-0.1, -0.05) is 72.6 Å². The summed E-state index contributed by atoms with van der Waals surface area (Å²) in [5.74, 6) is -0.754. The summed E-state index contributed by atoms with van der Waals surface area (Å²) in [6, 6.07) is 20.2. The Kier molecular flexibility index (Phi) is 11.0. The molecule has 1 aliphatic carbocycles. The van der Waals surface area contributed by atoms with Crippen molar-refractivity contribution >= 4 is 35.2 Å². The Morgan fingerprint density at radius 1 is 1.00 bits per heavy atom. The second-order valence-electron chi connectivity index (χ2n) is 12.8. The molecular formula is C37H40ClN7O6. The summed E-state index contributed by atoms with van der Waals surface area (Å²) < 4.78 is 7.24. The van der Waals surface area contributed by atoms with Crippen LogP contribution in [-0.2, 0) is 37.6 Å². The molecule has 1 aromatic heterocycles. The number of hydrogen-bond donors (Lipinski definition) is 5. The number of benzene rings is 3. The van der Waals surface area contributed by atoms with Gasteiger partial charge < -0.3 is 31.1 Å². The summed E-state index contributed by atoms with van der Waals surface area (Å²) in [6.07, 6.45) is 2.17. The van der Waals surface area contributed by atoms with Gasteiger partial charge in [0, 0.05) is 17.0 Å². The van der Waals surface area contributed by atoms with Gasteiger partial charge in [0.2, 0.25) is 23.6 Å². The molecule has 1 fully saturated rings. The lowest BCUT2D eigenvalue weighted by molar-refractivity contribution is -0.136. The summed E-state index contributed by atoms with van der Waals surface area (Å²) >= 11 is 6.12. The number of ether oxygens (including phenoxy) is 1. The highest BCUT2D eigenvalue weighted by Gasteiger charge is 2.46. The number of aromatic nitrogens is 3. The van der Waals surface area contributed by atoms with Crippen molar-refractivity contribution in [3.63, 3.8) is 0 Å². The zero-order valence-corrected chi connectivity index (χ0v) is 28.9. The molecule has 1 saturated carbocycles. The SMILES string of the molecule is C[C@@H]1NC(=O)[C@H](CO)NC(=O)[C@@H](NC(=O)C2(c3ccc(Cl)cc3)CCC2)Cc2ccc(cc2)OCCNC(=O)Cn2nc(-c3ccccc3)nc21. The van der Waals surface area contributed by atoms with Crippen LogP contribution in [-0.4, -0.2) is 75.3 Å². The van der Waals surface area contributed by atoms with Crippen molar-refractivity contribution in [1.29, 1.82) is 0 Å². The van der Waals surface area contributed by atoms with E-state index in [0.717, 1.165) is 23.1 Å². The van der Waals surface area contributed by atoms with E-state index in [4.69, 9.17) is 16.3 Å². The molecule has 0 spiro atoms. The van der Waals surface area contributed by atoms with Gasteiger partial charge in [0.25, 0.3) is 0 Å². The number of rotatable bonds is 5. The number of amides is 4. The number of carbonyl (C=O) groups excluding carboxylic acids is 4. The Hall–Kier alpha value is -5.27. The maximum atomic E-state index is 14.0. The fourth-order valence-electron chi connectivity index (χ4n) is 6.31. The molecule has 0 saturated heterocycles. The second-order valence-corrected chi connectivity index (χ2v) is 13.2. The van der Waals surface area contributed by atoms with Gasteiger partial charge in [-0.3, -0.25) is 19.2 Å². The zero-order valence-electron chi connectivity index (χ0n) is 28.1. The number of aliphatic hydroxyl groups excluding tert-OH is 1. The van der Waals surface area contributed by atoms with Crippen molar-refractivity contribution in [2.24, 2.45) is 0 Å². The van der Waals surface area contributed by atoms with Gasteiger partial charge >= 0.3 is 0 Å². The predicted molar refractivity (Wildman–Crippen MR) is 189 cm³/mol. The standard InChI is InChI=1S/C37H40ClN7O6/c1-23-33-43-32(25-6-3-2-4-7-25)44-45(33)21-31(47)39-18-19-51-28-14-8-24(9-15-28)20-29(34(48)41-30(22-46)35(49)40-23)42-36(50)37(16-5-17-37)26-10-12-27(38)13-11-26/h2-4,6-15,23,29-30,46H,5,16-22H2,1H3,(H,39,47)(H,40,49)(H,41,48)(H,42,50)/t23-,29-,30-/m0/s1. The minimum absolute atomic E-state index is 0.103. The van der Waals surface area contributed by atoms with E-state index in [-0.39, 0.29) is 37.9 Å². The minimum Gasteiger partial charge on any atom is -0.492 e. The smallest absolute Gasteiger partial charge is 0.245 e. The van der Waals surface area contributed by atoms with E-state index in [1.807, 2.05) is 42.5 Å². The quantitative estimate of drug-likeness (QED) is 0.210. The first-order valence-corrected chi connectivity index (χ1v) is 17.3. The number of aliphatic hydroxyl groups is 1. The maximum Gasteiger partial charge on any atom is 0.245 e.